The molecular weight excluding hydrogens is 759 g/mol. The SMILES string of the molecule is CCCCCCCCCCC[C@H](CC(=O)NC1[C@@H](OCCCC)OC(CO)[C@@H](OCCCC)[C@@H]1OC(=O)C[C@@H](CCCCCCCCCCC)OCCCC)OCCCC. The van der Waals surface area contributed by atoms with Crippen LogP contribution in [0.15, 0.2) is 0 Å². The van der Waals surface area contributed by atoms with E-state index in [1.165, 1.54) is 89.9 Å². The van der Waals surface area contributed by atoms with Crippen LogP contribution in [-0.4, -0.2) is 92.9 Å². The first kappa shape index (κ1) is 56.7. The monoisotopic (exact) mass is 856 g/mol. The van der Waals surface area contributed by atoms with Crippen LogP contribution in [0, 0.1) is 0 Å². The van der Waals surface area contributed by atoms with Crippen molar-refractivity contribution < 1.29 is 43.1 Å². The van der Waals surface area contributed by atoms with Gasteiger partial charge in [-0.15, -0.1) is 0 Å². The smallest absolute Gasteiger partial charge is 0.308 e. The lowest BCUT2D eigenvalue weighted by atomic mass is 9.95. The maximum Gasteiger partial charge on any atom is 0.308 e. The fraction of sp³-hybridized carbons (Fsp3) is 0.960. The van der Waals surface area contributed by atoms with Gasteiger partial charge in [0.1, 0.15) is 18.2 Å². The second-order valence-electron chi connectivity index (χ2n) is 17.5. The highest BCUT2D eigenvalue weighted by atomic mass is 16.7. The molecule has 1 aliphatic rings. The average molecular weight is 856 g/mol. The molecule has 1 fully saturated rings. The van der Waals surface area contributed by atoms with E-state index < -0.39 is 36.6 Å². The lowest BCUT2D eigenvalue weighted by molar-refractivity contribution is -0.281. The number of ether oxygens (including phenoxy) is 6. The molecule has 0 aromatic heterocycles. The molecule has 0 aliphatic carbocycles. The van der Waals surface area contributed by atoms with Crippen molar-refractivity contribution in [2.75, 3.05) is 33.0 Å². The van der Waals surface area contributed by atoms with Crippen molar-refractivity contribution in [3.05, 3.63) is 0 Å². The fourth-order valence-corrected chi connectivity index (χ4v) is 7.88. The van der Waals surface area contributed by atoms with Crippen LogP contribution in [0.1, 0.15) is 234 Å². The second kappa shape index (κ2) is 40.5. The number of amides is 1. The number of hydrogen-bond acceptors (Lipinski definition) is 9. The minimum atomic E-state index is -0.934. The van der Waals surface area contributed by atoms with Gasteiger partial charge in [-0.05, 0) is 38.5 Å². The van der Waals surface area contributed by atoms with Crippen molar-refractivity contribution in [1.29, 1.82) is 0 Å². The summed E-state index contributed by atoms with van der Waals surface area (Å²) in [5.74, 6) is -0.607. The molecule has 60 heavy (non-hydrogen) atoms. The van der Waals surface area contributed by atoms with Gasteiger partial charge in [0.15, 0.2) is 12.4 Å². The van der Waals surface area contributed by atoms with Crippen LogP contribution in [0.25, 0.3) is 0 Å². The quantitative estimate of drug-likeness (QED) is 0.0456. The first-order valence-electron chi connectivity index (χ1n) is 25.6. The van der Waals surface area contributed by atoms with Gasteiger partial charge in [0.2, 0.25) is 5.91 Å². The molecule has 10 heteroatoms. The van der Waals surface area contributed by atoms with Crippen LogP contribution >= 0.6 is 0 Å². The molecule has 1 saturated heterocycles. The largest absolute Gasteiger partial charge is 0.457 e. The van der Waals surface area contributed by atoms with Gasteiger partial charge in [-0.3, -0.25) is 9.59 Å². The number of unbranched alkanes of at least 4 members (excludes halogenated alkanes) is 20. The van der Waals surface area contributed by atoms with E-state index in [1.54, 1.807) is 0 Å². The molecule has 1 aliphatic heterocycles. The molecule has 0 bridgehead atoms. The van der Waals surface area contributed by atoms with Gasteiger partial charge in [0.05, 0.1) is 31.7 Å². The van der Waals surface area contributed by atoms with Gasteiger partial charge in [-0.2, -0.15) is 0 Å². The highest BCUT2D eigenvalue weighted by Crippen LogP contribution is 2.29. The molecule has 7 atom stereocenters. The molecule has 0 aromatic carbocycles. The van der Waals surface area contributed by atoms with E-state index in [-0.39, 0.29) is 37.6 Å². The summed E-state index contributed by atoms with van der Waals surface area (Å²) in [4.78, 5) is 28.1. The maximum absolute atomic E-state index is 14.1. The number of aliphatic hydroxyl groups excluding tert-OH is 1. The van der Waals surface area contributed by atoms with Gasteiger partial charge >= 0.3 is 5.97 Å². The summed E-state index contributed by atoms with van der Waals surface area (Å²) in [7, 11) is 0. The number of aliphatic hydroxyl groups is 1. The van der Waals surface area contributed by atoms with Crippen LogP contribution in [-0.2, 0) is 38.0 Å². The van der Waals surface area contributed by atoms with Crippen molar-refractivity contribution in [2.45, 2.75) is 277 Å². The number of esters is 1. The minimum absolute atomic E-state index is 0.109. The Kier molecular flexibility index (Phi) is 38.3. The Morgan fingerprint density at radius 1 is 0.517 bits per heavy atom. The molecule has 0 saturated carbocycles. The summed E-state index contributed by atoms with van der Waals surface area (Å²) in [5.41, 5.74) is 0. The van der Waals surface area contributed by atoms with Gasteiger partial charge in [-0.1, -0.05) is 183 Å². The zero-order valence-corrected chi connectivity index (χ0v) is 40.0. The van der Waals surface area contributed by atoms with Gasteiger partial charge < -0.3 is 38.8 Å². The van der Waals surface area contributed by atoms with Crippen LogP contribution in [0.4, 0.5) is 0 Å². The Morgan fingerprint density at radius 3 is 1.40 bits per heavy atom. The zero-order chi connectivity index (χ0) is 43.9. The number of hydrogen-bond donors (Lipinski definition) is 2. The first-order valence-corrected chi connectivity index (χ1v) is 25.6. The summed E-state index contributed by atoms with van der Waals surface area (Å²) in [6.07, 6.45) is 27.5. The van der Waals surface area contributed by atoms with Gasteiger partial charge in [0, 0.05) is 26.4 Å². The predicted octanol–water partition coefficient (Wildman–Crippen LogP) is 12.1. The van der Waals surface area contributed by atoms with Crippen LogP contribution < -0.4 is 5.32 Å². The molecule has 2 unspecified atom stereocenters. The Hall–Kier alpha value is -1.30. The van der Waals surface area contributed by atoms with Crippen molar-refractivity contribution >= 4 is 11.9 Å². The van der Waals surface area contributed by atoms with Crippen molar-refractivity contribution in [2.24, 2.45) is 0 Å². The number of nitrogens with one attached hydrogen (secondary N) is 1. The van der Waals surface area contributed by atoms with E-state index in [1.807, 2.05) is 0 Å². The third kappa shape index (κ3) is 28.4. The molecule has 2 N–H and O–H groups in total. The standard InChI is InChI=1S/C50H97NO9/c1-7-13-19-21-23-25-27-29-31-33-42(55-35-15-9-3)39-45(53)51-47-49(48(57-37-17-11-5)44(41-52)59-50(47)58-38-18-12-6)60-46(54)40-43(56-36-16-10-4)34-32-30-28-26-24-22-20-14-8-2/h42-44,47-50,52H,7-41H2,1-6H3,(H,51,53)/t42-,43-,44?,47?,48-,49-,50+/m1/s1. The Labute approximate surface area is 369 Å². The summed E-state index contributed by atoms with van der Waals surface area (Å²) in [5, 5.41) is 13.8. The average Bonchev–Trinajstić information content (AvgIpc) is 3.24. The van der Waals surface area contributed by atoms with Gasteiger partial charge in [0.25, 0.3) is 0 Å². The zero-order valence-electron chi connectivity index (χ0n) is 40.0. The Morgan fingerprint density at radius 2 is 0.933 bits per heavy atom. The highest BCUT2D eigenvalue weighted by Gasteiger charge is 2.50. The molecule has 0 spiro atoms. The van der Waals surface area contributed by atoms with Crippen molar-refractivity contribution in [3.8, 4) is 0 Å². The lowest BCUT2D eigenvalue weighted by Gasteiger charge is -2.45. The summed E-state index contributed by atoms with van der Waals surface area (Å²) in [6, 6.07) is -0.839. The molecule has 1 heterocycles. The molecule has 1 rings (SSSR count). The second-order valence-corrected chi connectivity index (χ2v) is 17.5. The summed E-state index contributed by atoms with van der Waals surface area (Å²) < 4.78 is 38.0. The minimum Gasteiger partial charge on any atom is -0.457 e. The highest BCUT2D eigenvalue weighted by molar-refractivity contribution is 5.77. The molecule has 10 nitrogen and oxygen atoms in total. The Bertz CT molecular complexity index is 970. The van der Waals surface area contributed by atoms with Crippen LogP contribution in [0.5, 0.6) is 0 Å². The summed E-state index contributed by atoms with van der Waals surface area (Å²) >= 11 is 0. The van der Waals surface area contributed by atoms with E-state index in [0.29, 0.717) is 26.4 Å². The van der Waals surface area contributed by atoms with E-state index in [0.717, 1.165) is 89.9 Å². The Balaban J connectivity index is 3.19. The number of rotatable bonds is 43. The van der Waals surface area contributed by atoms with E-state index in [9.17, 15) is 14.7 Å². The molecule has 0 radical (unpaired) electrons. The first-order chi connectivity index (χ1) is 29.4. The predicted molar refractivity (Wildman–Crippen MR) is 245 cm³/mol. The lowest BCUT2D eigenvalue weighted by Crippen LogP contribution is -2.66. The van der Waals surface area contributed by atoms with Crippen molar-refractivity contribution in [3.63, 3.8) is 0 Å². The van der Waals surface area contributed by atoms with Crippen LogP contribution in [0.2, 0.25) is 0 Å². The fourth-order valence-electron chi connectivity index (χ4n) is 7.88. The van der Waals surface area contributed by atoms with Crippen LogP contribution in [0.3, 0.4) is 0 Å². The molecule has 356 valence electrons. The molecule has 1 amide bonds. The maximum atomic E-state index is 14.1. The van der Waals surface area contributed by atoms with E-state index >= 15 is 0 Å². The topological polar surface area (TPSA) is 122 Å². The van der Waals surface area contributed by atoms with E-state index in [4.69, 9.17) is 28.4 Å². The molecule has 0 aromatic rings. The number of carbonyl (C=O) groups is 2. The third-order valence-corrected chi connectivity index (χ3v) is 11.8. The van der Waals surface area contributed by atoms with Gasteiger partial charge in [-0.25, -0.2) is 0 Å². The normalized spacial score (nSPS) is 20.3. The van der Waals surface area contributed by atoms with Crippen molar-refractivity contribution in [1.82, 2.24) is 5.32 Å². The summed E-state index contributed by atoms with van der Waals surface area (Å²) in [6.45, 7) is 14.6. The molecular formula is C50H97NO9. The number of carbonyl (C=O) groups excluding carboxylic acids is 2. The van der Waals surface area contributed by atoms with E-state index in [2.05, 4.69) is 46.9 Å². The third-order valence-electron chi connectivity index (χ3n) is 11.8.